The minimum absolute atomic E-state index is 0.369. The Morgan fingerprint density at radius 3 is 1.88 bits per heavy atom. The van der Waals surface area contributed by atoms with Crippen LogP contribution in [0.15, 0.2) is 49.6 Å². The lowest BCUT2D eigenvalue weighted by Crippen LogP contribution is -2.41. The zero-order valence-corrected chi connectivity index (χ0v) is 9.76. The van der Waals surface area contributed by atoms with E-state index in [2.05, 4.69) is 54.1 Å². The maximum absolute atomic E-state index is 3.82. The number of para-hydroxylation sites is 2. The second-order valence-corrected chi connectivity index (χ2v) is 4.00. The molecular formula is C14H18N2. The first-order valence-corrected chi connectivity index (χ1v) is 5.63. The van der Waals surface area contributed by atoms with Crippen molar-refractivity contribution in [1.29, 1.82) is 0 Å². The Kier molecular flexibility index (Phi) is 3.00. The van der Waals surface area contributed by atoms with Gasteiger partial charge in [-0.1, -0.05) is 24.3 Å². The van der Waals surface area contributed by atoms with Gasteiger partial charge in [0.25, 0.3) is 0 Å². The summed E-state index contributed by atoms with van der Waals surface area (Å²) in [5.74, 6) is 0. The average Bonchev–Trinajstić information content (AvgIpc) is 2.56. The number of hydrogen-bond donors (Lipinski definition) is 0. The van der Waals surface area contributed by atoms with E-state index in [4.69, 9.17) is 0 Å². The molecular weight excluding hydrogens is 196 g/mol. The van der Waals surface area contributed by atoms with Crippen molar-refractivity contribution in [2.75, 3.05) is 22.9 Å². The Hall–Kier alpha value is -1.70. The summed E-state index contributed by atoms with van der Waals surface area (Å²) in [4.78, 5) is 4.71. The van der Waals surface area contributed by atoms with E-state index < -0.39 is 0 Å². The van der Waals surface area contributed by atoms with E-state index in [1.54, 1.807) is 0 Å². The van der Waals surface area contributed by atoms with Crippen molar-refractivity contribution < 1.29 is 0 Å². The predicted octanol–water partition coefficient (Wildman–Crippen LogP) is 3.03. The number of nitrogens with zero attached hydrogens (tertiary/aromatic N) is 2. The van der Waals surface area contributed by atoms with Gasteiger partial charge in [-0.15, -0.1) is 13.2 Å². The van der Waals surface area contributed by atoms with Crippen molar-refractivity contribution in [3.05, 3.63) is 49.6 Å². The van der Waals surface area contributed by atoms with Gasteiger partial charge in [-0.2, -0.15) is 0 Å². The summed E-state index contributed by atoms with van der Waals surface area (Å²) in [7, 11) is 0. The molecule has 2 rings (SSSR count). The SMILES string of the molecule is C=CCN1c2ccccc2N(CC=C)C1C. The molecule has 0 atom stereocenters. The minimum atomic E-state index is 0.369. The van der Waals surface area contributed by atoms with E-state index in [0.29, 0.717) is 6.17 Å². The van der Waals surface area contributed by atoms with Crippen molar-refractivity contribution in [2.45, 2.75) is 13.1 Å². The monoisotopic (exact) mass is 214 g/mol. The lowest BCUT2D eigenvalue weighted by atomic mass is 10.2. The molecule has 1 aliphatic heterocycles. The molecule has 2 heteroatoms. The number of fused-ring (bicyclic) bond motifs is 1. The molecule has 0 aromatic heterocycles. The fraction of sp³-hybridized carbons (Fsp3) is 0.286. The van der Waals surface area contributed by atoms with Crippen LogP contribution in [-0.2, 0) is 0 Å². The van der Waals surface area contributed by atoms with Gasteiger partial charge in [0.15, 0.2) is 0 Å². The summed E-state index contributed by atoms with van der Waals surface area (Å²) < 4.78 is 0. The predicted molar refractivity (Wildman–Crippen MR) is 71.0 cm³/mol. The molecule has 1 aromatic carbocycles. The topological polar surface area (TPSA) is 6.48 Å². The third-order valence-corrected chi connectivity index (χ3v) is 3.05. The van der Waals surface area contributed by atoms with Crippen LogP contribution in [0.5, 0.6) is 0 Å². The van der Waals surface area contributed by atoms with Crippen molar-refractivity contribution >= 4 is 11.4 Å². The lowest BCUT2D eigenvalue weighted by molar-refractivity contribution is 0.667. The van der Waals surface area contributed by atoms with Crippen LogP contribution < -0.4 is 9.80 Å². The molecule has 2 nitrogen and oxygen atoms in total. The summed E-state index contributed by atoms with van der Waals surface area (Å²) in [6, 6.07) is 8.49. The van der Waals surface area contributed by atoms with Crippen molar-refractivity contribution in [3.8, 4) is 0 Å². The van der Waals surface area contributed by atoms with Gasteiger partial charge in [0.2, 0.25) is 0 Å². The van der Waals surface area contributed by atoms with Gasteiger partial charge in [0.05, 0.1) is 17.5 Å². The quantitative estimate of drug-likeness (QED) is 0.711. The third kappa shape index (κ3) is 1.60. The molecule has 1 aliphatic rings. The molecule has 0 saturated carbocycles. The van der Waals surface area contributed by atoms with Gasteiger partial charge in [0, 0.05) is 13.1 Å². The van der Waals surface area contributed by atoms with Crippen molar-refractivity contribution in [3.63, 3.8) is 0 Å². The van der Waals surface area contributed by atoms with Gasteiger partial charge >= 0.3 is 0 Å². The minimum Gasteiger partial charge on any atom is -0.346 e. The average molecular weight is 214 g/mol. The first-order chi connectivity index (χ1) is 7.79. The van der Waals surface area contributed by atoms with Crippen LogP contribution in [0.4, 0.5) is 11.4 Å². The Morgan fingerprint density at radius 1 is 1.06 bits per heavy atom. The van der Waals surface area contributed by atoms with Crippen LogP contribution in [0.2, 0.25) is 0 Å². The van der Waals surface area contributed by atoms with Gasteiger partial charge in [-0.3, -0.25) is 0 Å². The van der Waals surface area contributed by atoms with E-state index in [1.165, 1.54) is 11.4 Å². The zero-order valence-electron chi connectivity index (χ0n) is 9.76. The molecule has 0 N–H and O–H groups in total. The summed E-state index contributed by atoms with van der Waals surface area (Å²) in [5, 5.41) is 0. The highest BCUT2D eigenvalue weighted by atomic mass is 15.4. The zero-order chi connectivity index (χ0) is 11.5. The number of anilines is 2. The summed E-state index contributed by atoms with van der Waals surface area (Å²) >= 11 is 0. The van der Waals surface area contributed by atoms with E-state index in [9.17, 15) is 0 Å². The molecule has 0 saturated heterocycles. The highest BCUT2D eigenvalue weighted by Crippen LogP contribution is 2.38. The van der Waals surface area contributed by atoms with Crippen LogP contribution in [0.25, 0.3) is 0 Å². The second-order valence-electron chi connectivity index (χ2n) is 4.00. The van der Waals surface area contributed by atoms with Gasteiger partial charge in [0.1, 0.15) is 0 Å². The highest BCUT2D eigenvalue weighted by Gasteiger charge is 2.30. The lowest BCUT2D eigenvalue weighted by Gasteiger charge is -2.28. The summed E-state index contributed by atoms with van der Waals surface area (Å²) in [6.07, 6.45) is 4.27. The van der Waals surface area contributed by atoms with Crippen LogP contribution in [0.1, 0.15) is 6.92 Å². The maximum atomic E-state index is 3.82. The largest absolute Gasteiger partial charge is 0.346 e. The molecule has 0 amide bonds. The Bertz CT molecular complexity index is 360. The molecule has 84 valence electrons. The van der Waals surface area contributed by atoms with E-state index in [1.807, 2.05) is 12.2 Å². The second kappa shape index (κ2) is 4.44. The molecule has 0 fully saturated rings. The maximum Gasteiger partial charge on any atom is 0.0994 e. The fourth-order valence-electron chi connectivity index (χ4n) is 2.30. The number of rotatable bonds is 4. The Balaban J connectivity index is 2.39. The Morgan fingerprint density at radius 2 is 1.50 bits per heavy atom. The molecule has 16 heavy (non-hydrogen) atoms. The fourth-order valence-corrected chi connectivity index (χ4v) is 2.30. The molecule has 1 heterocycles. The molecule has 1 aromatic rings. The van der Waals surface area contributed by atoms with Crippen LogP contribution in [0.3, 0.4) is 0 Å². The van der Waals surface area contributed by atoms with Crippen LogP contribution >= 0.6 is 0 Å². The third-order valence-electron chi connectivity index (χ3n) is 3.05. The normalized spacial score (nSPS) is 15.1. The van der Waals surface area contributed by atoms with Gasteiger partial charge < -0.3 is 9.80 Å². The summed E-state index contributed by atoms with van der Waals surface area (Å²) in [6.45, 7) is 11.6. The Labute approximate surface area is 97.5 Å². The first kappa shape index (κ1) is 10.8. The van der Waals surface area contributed by atoms with E-state index in [-0.39, 0.29) is 0 Å². The summed E-state index contributed by atoms with van der Waals surface area (Å²) in [5.41, 5.74) is 2.58. The van der Waals surface area contributed by atoms with Crippen LogP contribution in [-0.4, -0.2) is 19.3 Å². The smallest absolute Gasteiger partial charge is 0.0994 e. The molecule has 0 bridgehead atoms. The van der Waals surface area contributed by atoms with Gasteiger partial charge in [-0.05, 0) is 19.1 Å². The number of hydrogen-bond acceptors (Lipinski definition) is 2. The standard InChI is InChI=1S/C14H18N2/c1-4-10-15-12(3)16(11-5-2)14-9-7-6-8-13(14)15/h4-9,12H,1-2,10-11H2,3H3. The molecule has 0 aliphatic carbocycles. The van der Waals surface area contributed by atoms with E-state index >= 15 is 0 Å². The first-order valence-electron chi connectivity index (χ1n) is 5.63. The van der Waals surface area contributed by atoms with Crippen LogP contribution in [0, 0.1) is 0 Å². The molecule has 0 radical (unpaired) electrons. The van der Waals surface area contributed by atoms with E-state index in [0.717, 1.165) is 13.1 Å². The molecule has 0 spiro atoms. The van der Waals surface area contributed by atoms with Gasteiger partial charge in [-0.25, -0.2) is 0 Å². The van der Waals surface area contributed by atoms with Crippen molar-refractivity contribution in [2.24, 2.45) is 0 Å². The number of benzene rings is 1. The highest BCUT2D eigenvalue weighted by molar-refractivity contribution is 5.77. The van der Waals surface area contributed by atoms with Crippen molar-refractivity contribution in [1.82, 2.24) is 0 Å². The molecule has 0 unspecified atom stereocenters.